The molecule has 0 radical (unpaired) electrons. The number of hydrogen-bond donors (Lipinski definition) is 4. The lowest BCUT2D eigenvalue weighted by molar-refractivity contribution is -0.128. The van der Waals surface area contributed by atoms with Crippen LogP contribution in [0.4, 0.5) is 22.0 Å². The summed E-state index contributed by atoms with van der Waals surface area (Å²) in [6.07, 6.45) is 4.05. The van der Waals surface area contributed by atoms with Crippen LogP contribution in [0, 0.1) is 11.2 Å². The average molecular weight is 510 g/mol. The van der Waals surface area contributed by atoms with E-state index in [0.29, 0.717) is 48.7 Å². The van der Waals surface area contributed by atoms with Gasteiger partial charge in [0.25, 0.3) is 0 Å². The number of aromatic nitrogens is 4. The topological polar surface area (TPSA) is 131 Å². The minimum Gasteiger partial charge on any atom is -0.394 e. The van der Waals surface area contributed by atoms with Gasteiger partial charge < -0.3 is 21.5 Å². The number of halogens is 3. The van der Waals surface area contributed by atoms with Crippen LogP contribution in [0.5, 0.6) is 0 Å². The third-order valence-electron chi connectivity index (χ3n) is 6.34. The molecule has 2 heterocycles. The number of nitrogens with one attached hydrogen (secondary N) is 2. The molecule has 1 aliphatic rings. The SMILES string of the molecule is C[C@@H](CO)Nc1ncc2nc(Nc3c(F)cc(Cl)cc3Cl)n(C3CCC(C)(C(N)=O)CC3)c2n1. The Morgan fingerprint density at radius 2 is 2.06 bits per heavy atom. The minimum atomic E-state index is -0.619. The fourth-order valence-electron chi connectivity index (χ4n) is 4.18. The summed E-state index contributed by atoms with van der Waals surface area (Å²) in [5.41, 5.74) is 6.12. The Hall–Kier alpha value is -2.69. The summed E-state index contributed by atoms with van der Waals surface area (Å²) in [5.74, 6) is -0.268. The zero-order valence-electron chi connectivity index (χ0n) is 18.8. The maximum atomic E-state index is 14.7. The van der Waals surface area contributed by atoms with Crippen LogP contribution >= 0.6 is 23.2 Å². The number of aliphatic hydroxyl groups is 1. The van der Waals surface area contributed by atoms with Gasteiger partial charge >= 0.3 is 0 Å². The molecule has 5 N–H and O–H groups in total. The number of nitrogens with zero attached hydrogens (tertiary/aromatic N) is 4. The lowest BCUT2D eigenvalue weighted by Gasteiger charge is -2.35. The van der Waals surface area contributed by atoms with E-state index in [2.05, 4.69) is 25.6 Å². The lowest BCUT2D eigenvalue weighted by Crippen LogP contribution is -2.38. The normalized spacial score (nSPS) is 21.4. The van der Waals surface area contributed by atoms with E-state index in [1.54, 1.807) is 13.1 Å². The standard InChI is InChI=1S/C22H26Cl2FN7O2/c1-11(10-33)28-20-27-9-16-18(31-20)32(13-3-5-22(2,6-4-13)19(26)34)21(29-16)30-17-14(24)7-12(23)8-15(17)25/h7-9,11,13,33H,3-6,10H2,1-2H3,(H2,26,34)(H,29,30)(H,27,28,31)/t11-,13?,22?/m0/s1. The molecule has 9 nitrogen and oxygen atoms in total. The van der Waals surface area contributed by atoms with E-state index in [-0.39, 0.29) is 40.3 Å². The molecule has 1 atom stereocenters. The van der Waals surface area contributed by atoms with Crippen LogP contribution in [0.15, 0.2) is 18.3 Å². The van der Waals surface area contributed by atoms with Gasteiger partial charge in [-0.25, -0.2) is 14.4 Å². The van der Waals surface area contributed by atoms with Gasteiger partial charge in [0.05, 0.1) is 23.5 Å². The maximum Gasteiger partial charge on any atom is 0.225 e. The van der Waals surface area contributed by atoms with Crippen molar-refractivity contribution >= 4 is 57.9 Å². The van der Waals surface area contributed by atoms with Crippen LogP contribution in [0.25, 0.3) is 11.2 Å². The first-order valence-corrected chi connectivity index (χ1v) is 11.7. The van der Waals surface area contributed by atoms with Crippen LogP contribution in [-0.2, 0) is 4.79 Å². The van der Waals surface area contributed by atoms with E-state index < -0.39 is 11.2 Å². The number of imidazole rings is 1. The zero-order chi connectivity index (χ0) is 24.6. The highest BCUT2D eigenvalue weighted by Gasteiger charge is 2.37. The van der Waals surface area contributed by atoms with Gasteiger partial charge in [-0.05, 0) is 44.7 Å². The number of primary amides is 1. The number of carbonyl (C=O) groups excluding carboxylic acids is 1. The van der Waals surface area contributed by atoms with Crippen LogP contribution in [-0.4, -0.2) is 43.2 Å². The van der Waals surface area contributed by atoms with Crippen LogP contribution < -0.4 is 16.4 Å². The number of benzene rings is 1. The lowest BCUT2D eigenvalue weighted by atomic mass is 9.73. The first kappa shape index (κ1) is 24.4. The van der Waals surface area contributed by atoms with Crippen molar-refractivity contribution in [3.05, 3.63) is 34.2 Å². The molecule has 12 heteroatoms. The van der Waals surface area contributed by atoms with Crippen molar-refractivity contribution in [2.45, 2.75) is 51.6 Å². The van der Waals surface area contributed by atoms with Crippen LogP contribution in [0.3, 0.4) is 0 Å². The maximum absolute atomic E-state index is 14.7. The van der Waals surface area contributed by atoms with Crippen molar-refractivity contribution in [1.29, 1.82) is 0 Å². The molecule has 1 saturated carbocycles. The second kappa shape index (κ2) is 9.52. The average Bonchev–Trinajstić information content (AvgIpc) is 3.14. The molecule has 0 unspecified atom stereocenters. The highest BCUT2D eigenvalue weighted by atomic mass is 35.5. The monoisotopic (exact) mass is 509 g/mol. The van der Waals surface area contributed by atoms with E-state index >= 15 is 0 Å². The first-order chi connectivity index (χ1) is 16.1. The molecule has 1 aliphatic carbocycles. The van der Waals surface area contributed by atoms with Gasteiger partial charge in [-0.15, -0.1) is 0 Å². The first-order valence-electron chi connectivity index (χ1n) is 10.9. The molecule has 34 heavy (non-hydrogen) atoms. The van der Waals surface area contributed by atoms with E-state index in [0.717, 1.165) is 0 Å². The Morgan fingerprint density at radius 1 is 1.35 bits per heavy atom. The predicted molar refractivity (Wildman–Crippen MR) is 130 cm³/mol. The summed E-state index contributed by atoms with van der Waals surface area (Å²) in [5, 5.41) is 15.7. The second-order valence-electron chi connectivity index (χ2n) is 8.96. The molecule has 0 bridgehead atoms. The van der Waals surface area contributed by atoms with Crippen LogP contribution in [0.1, 0.15) is 45.6 Å². The summed E-state index contributed by atoms with van der Waals surface area (Å²) in [6.45, 7) is 3.59. The number of anilines is 3. The summed E-state index contributed by atoms with van der Waals surface area (Å²) >= 11 is 12.2. The fourth-order valence-corrected chi connectivity index (χ4v) is 4.69. The molecule has 1 amide bonds. The van der Waals surface area contributed by atoms with Gasteiger partial charge in [0.15, 0.2) is 5.65 Å². The van der Waals surface area contributed by atoms with Crippen molar-refractivity contribution in [2.75, 3.05) is 17.2 Å². The largest absolute Gasteiger partial charge is 0.394 e. The van der Waals surface area contributed by atoms with Crippen molar-refractivity contribution < 1.29 is 14.3 Å². The molecule has 4 rings (SSSR count). The molecular formula is C22H26Cl2FN7O2. The van der Waals surface area contributed by atoms with Gasteiger partial charge in [0.1, 0.15) is 11.3 Å². The number of carbonyl (C=O) groups is 1. The Balaban J connectivity index is 1.78. The van der Waals surface area contributed by atoms with Gasteiger partial charge in [-0.1, -0.05) is 30.1 Å². The highest BCUT2D eigenvalue weighted by Crippen LogP contribution is 2.43. The van der Waals surface area contributed by atoms with Gasteiger partial charge in [0.2, 0.25) is 17.8 Å². The number of nitrogens with two attached hydrogens (primary N) is 1. The predicted octanol–water partition coefficient (Wildman–Crippen LogP) is 4.42. The van der Waals surface area contributed by atoms with E-state index in [1.807, 2.05) is 11.5 Å². The Labute approximate surface area is 205 Å². The number of amides is 1. The smallest absolute Gasteiger partial charge is 0.225 e. The molecule has 0 saturated heterocycles. The quantitative estimate of drug-likeness (QED) is 0.370. The van der Waals surface area contributed by atoms with Crippen molar-refractivity contribution in [3.8, 4) is 0 Å². The third kappa shape index (κ3) is 4.75. The van der Waals surface area contributed by atoms with Crippen molar-refractivity contribution in [2.24, 2.45) is 11.1 Å². The number of aliphatic hydroxyl groups excluding tert-OH is 1. The molecule has 2 aromatic heterocycles. The second-order valence-corrected chi connectivity index (χ2v) is 9.80. The zero-order valence-corrected chi connectivity index (χ0v) is 20.3. The van der Waals surface area contributed by atoms with E-state index in [9.17, 15) is 14.3 Å². The molecular weight excluding hydrogens is 484 g/mol. The minimum absolute atomic E-state index is 0.0422. The molecule has 182 valence electrons. The van der Waals surface area contributed by atoms with E-state index in [1.165, 1.54) is 12.1 Å². The Kier molecular flexibility index (Phi) is 6.84. The summed E-state index contributed by atoms with van der Waals surface area (Å²) in [4.78, 5) is 25.4. The summed E-state index contributed by atoms with van der Waals surface area (Å²) < 4.78 is 16.6. The third-order valence-corrected chi connectivity index (χ3v) is 6.86. The molecule has 0 spiro atoms. The molecule has 0 aliphatic heterocycles. The van der Waals surface area contributed by atoms with Crippen molar-refractivity contribution in [1.82, 2.24) is 19.5 Å². The van der Waals surface area contributed by atoms with Crippen LogP contribution in [0.2, 0.25) is 10.0 Å². The van der Waals surface area contributed by atoms with Gasteiger partial charge in [0, 0.05) is 22.5 Å². The molecule has 3 aromatic rings. The number of hydrogen-bond acceptors (Lipinski definition) is 7. The Morgan fingerprint density at radius 3 is 2.68 bits per heavy atom. The highest BCUT2D eigenvalue weighted by molar-refractivity contribution is 6.36. The Bertz CT molecular complexity index is 1200. The van der Waals surface area contributed by atoms with Gasteiger partial charge in [-0.3, -0.25) is 9.36 Å². The number of rotatable bonds is 7. The molecule has 1 aromatic carbocycles. The molecule has 1 fully saturated rings. The van der Waals surface area contributed by atoms with Gasteiger partial charge in [-0.2, -0.15) is 4.98 Å². The summed E-state index contributed by atoms with van der Waals surface area (Å²) in [6, 6.07) is 2.28. The summed E-state index contributed by atoms with van der Waals surface area (Å²) in [7, 11) is 0. The fraction of sp³-hybridized carbons (Fsp3) is 0.455. The number of fused-ring (bicyclic) bond motifs is 1. The van der Waals surface area contributed by atoms with Crippen molar-refractivity contribution in [3.63, 3.8) is 0 Å². The van der Waals surface area contributed by atoms with E-state index in [4.69, 9.17) is 28.9 Å².